The van der Waals surface area contributed by atoms with Crippen LogP contribution < -0.4 is 0 Å². The third-order valence-electron chi connectivity index (χ3n) is 1.87. The van der Waals surface area contributed by atoms with Gasteiger partial charge in [-0.25, -0.2) is 0 Å². The van der Waals surface area contributed by atoms with E-state index in [0.717, 1.165) is 5.56 Å². The van der Waals surface area contributed by atoms with Crippen molar-refractivity contribution in [2.45, 2.75) is 17.2 Å². The average Bonchev–Trinajstić information content (AvgIpc) is 2.16. The first kappa shape index (κ1) is 11.9. The van der Waals surface area contributed by atoms with Gasteiger partial charge in [-0.3, -0.25) is 4.79 Å². The molecular weight excluding hydrogens is 234 g/mol. The number of nitriles is 1. The molecule has 0 heterocycles. The highest BCUT2D eigenvalue weighted by Gasteiger charge is 2.11. The number of carboxylic acids is 1. The summed E-state index contributed by atoms with van der Waals surface area (Å²) < 4.78 is 0. The summed E-state index contributed by atoms with van der Waals surface area (Å²) in [6.45, 7) is 0. The second-order valence-electron chi connectivity index (χ2n) is 2.97. The summed E-state index contributed by atoms with van der Waals surface area (Å²) in [4.78, 5) is 11.0. The van der Waals surface area contributed by atoms with E-state index in [1.807, 2.05) is 6.07 Å². The number of hydrogen-bond donors (Lipinski definition) is 2. The second kappa shape index (κ2) is 5.06. The molecule has 0 spiro atoms. The Balaban J connectivity index is 3.27. The van der Waals surface area contributed by atoms with Gasteiger partial charge in [-0.05, 0) is 17.2 Å². The highest BCUT2D eigenvalue weighted by atomic mass is 35.5. The Bertz CT molecular complexity index is 440. The van der Waals surface area contributed by atoms with E-state index in [0.29, 0.717) is 16.0 Å². The standard InChI is InChI=1S/C10H8ClNO2S/c11-4-6-1-7(3-10(13)14)8(5-12)9(15)2-6/h1-2,15H,3-4H2,(H,13,14). The van der Waals surface area contributed by atoms with Crippen molar-refractivity contribution >= 4 is 30.2 Å². The van der Waals surface area contributed by atoms with Crippen molar-refractivity contribution in [2.24, 2.45) is 0 Å². The highest BCUT2D eigenvalue weighted by Crippen LogP contribution is 2.22. The largest absolute Gasteiger partial charge is 0.481 e. The first-order chi connectivity index (χ1) is 7.08. The van der Waals surface area contributed by atoms with Crippen molar-refractivity contribution in [3.05, 3.63) is 28.8 Å². The summed E-state index contributed by atoms with van der Waals surface area (Å²) in [5, 5.41) is 17.5. The fourth-order valence-electron chi connectivity index (χ4n) is 1.26. The molecule has 1 rings (SSSR count). The first-order valence-corrected chi connectivity index (χ1v) is 5.09. The molecule has 0 aromatic heterocycles. The summed E-state index contributed by atoms with van der Waals surface area (Å²) in [6, 6.07) is 5.23. The monoisotopic (exact) mass is 241 g/mol. The summed E-state index contributed by atoms with van der Waals surface area (Å²) in [7, 11) is 0. The molecule has 0 amide bonds. The lowest BCUT2D eigenvalue weighted by atomic mass is 10.0. The van der Waals surface area contributed by atoms with Gasteiger partial charge in [0.15, 0.2) is 0 Å². The van der Waals surface area contributed by atoms with E-state index in [9.17, 15) is 4.79 Å². The quantitative estimate of drug-likeness (QED) is 0.630. The summed E-state index contributed by atoms with van der Waals surface area (Å²) >= 11 is 9.76. The van der Waals surface area contributed by atoms with Crippen LogP contribution in [0.1, 0.15) is 16.7 Å². The molecule has 0 fully saturated rings. The third kappa shape index (κ3) is 2.88. The van der Waals surface area contributed by atoms with Crippen LogP contribution in [0.15, 0.2) is 17.0 Å². The maximum absolute atomic E-state index is 10.6. The number of rotatable bonds is 3. The second-order valence-corrected chi connectivity index (χ2v) is 3.71. The summed E-state index contributed by atoms with van der Waals surface area (Å²) in [5.41, 5.74) is 1.51. The molecule has 78 valence electrons. The van der Waals surface area contributed by atoms with Crippen molar-refractivity contribution in [1.29, 1.82) is 5.26 Å². The molecule has 0 radical (unpaired) electrons. The molecule has 1 aromatic rings. The molecule has 0 bridgehead atoms. The molecule has 0 aliphatic heterocycles. The zero-order valence-corrected chi connectivity index (χ0v) is 9.35. The van der Waals surface area contributed by atoms with E-state index in [1.165, 1.54) is 0 Å². The van der Waals surface area contributed by atoms with Gasteiger partial charge in [0, 0.05) is 10.8 Å². The molecule has 15 heavy (non-hydrogen) atoms. The molecule has 0 saturated carbocycles. The van der Waals surface area contributed by atoms with Crippen molar-refractivity contribution in [3.8, 4) is 6.07 Å². The van der Waals surface area contributed by atoms with Gasteiger partial charge in [0.25, 0.3) is 0 Å². The smallest absolute Gasteiger partial charge is 0.307 e. The van der Waals surface area contributed by atoms with Crippen LogP contribution in [0.25, 0.3) is 0 Å². The Kier molecular flexibility index (Phi) is 4.01. The van der Waals surface area contributed by atoms with Crippen molar-refractivity contribution in [2.75, 3.05) is 0 Å². The van der Waals surface area contributed by atoms with E-state index in [-0.39, 0.29) is 12.3 Å². The Hall–Kier alpha value is -1.18. The minimum Gasteiger partial charge on any atom is -0.481 e. The number of thiol groups is 1. The summed E-state index contributed by atoms with van der Waals surface area (Å²) in [6.07, 6.45) is -0.193. The van der Waals surface area contributed by atoms with Crippen LogP contribution in [-0.2, 0) is 17.1 Å². The zero-order chi connectivity index (χ0) is 11.4. The van der Waals surface area contributed by atoms with Gasteiger partial charge in [0.2, 0.25) is 0 Å². The molecular formula is C10H8ClNO2S. The van der Waals surface area contributed by atoms with E-state index in [1.54, 1.807) is 12.1 Å². The summed E-state index contributed by atoms with van der Waals surface area (Å²) in [5.74, 6) is -0.711. The van der Waals surface area contributed by atoms with Crippen molar-refractivity contribution < 1.29 is 9.90 Å². The number of alkyl halides is 1. The Labute approximate surface area is 97.7 Å². The maximum atomic E-state index is 10.6. The van der Waals surface area contributed by atoms with Crippen molar-refractivity contribution in [1.82, 2.24) is 0 Å². The lowest BCUT2D eigenvalue weighted by Crippen LogP contribution is -2.03. The number of carbonyl (C=O) groups is 1. The fraction of sp³-hybridized carbons (Fsp3) is 0.200. The zero-order valence-electron chi connectivity index (χ0n) is 7.70. The Morgan fingerprint density at radius 3 is 2.73 bits per heavy atom. The van der Waals surface area contributed by atoms with E-state index < -0.39 is 5.97 Å². The Morgan fingerprint density at radius 1 is 1.60 bits per heavy atom. The van der Waals surface area contributed by atoms with Crippen LogP contribution >= 0.6 is 24.2 Å². The van der Waals surface area contributed by atoms with Gasteiger partial charge < -0.3 is 5.11 Å². The minimum absolute atomic E-state index is 0.193. The molecule has 1 N–H and O–H groups in total. The Morgan fingerprint density at radius 2 is 2.27 bits per heavy atom. The third-order valence-corrected chi connectivity index (χ3v) is 2.53. The first-order valence-electron chi connectivity index (χ1n) is 4.11. The van der Waals surface area contributed by atoms with Gasteiger partial charge >= 0.3 is 5.97 Å². The number of benzene rings is 1. The predicted molar refractivity (Wildman–Crippen MR) is 59.3 cm³/mol. The number of nitrogens with zero attached hydrogens (tertiary/aromatic N) is 1. The lowest BCUT2D eigenvalue weighted by molar-refractivity contribution is -0.136. The number of halogens is 1. The van der Waals surface area contributed by atoms with Gasteiger partial charge in [-0.2, -0.15) is 5.26 Å². The number of aliphatic carboxylic acids is 1. The van der Waals surface area contributed by atoms with Gasteiger partial charge in [-0.1, -0.05) is 6.07 Å². The van der Waals surface area contributed by atoms with Crippen LogP contribution in [0.4, 0.5) is 0 Å². The van der Waals surface area contributed by atoms with E-state index >= 15 is 0 Å². The molecule has 3 nitrogen and oxygen atoms in total. The van der Waals surface area contributed by atoms with Crippen LogP contribution in [0.2, 0.25) is 0 Å². The van der Waals surface area contributed by atoms with Gasteiger partial charge in [0.05, 0.1) is 12.0 Å². The van der Waals surface area contributed by atoms with Crippen LogP contribution in [0.3, 0.4) is 0 Å². The number of hydrogen-bond acceptors (Lipinski definition) is 3. The van der Waals surface area contributed by atoms with E-state index in [4.69, 9.17) is 22.0 Å². The van der Waals surface area contributed by atoms with E-state index in [2.05, 4.69) is 12.6 Å². The molecule has 0 atom stereocenters. The molecule has 5 heteroatoms. The molecule has 1 aromatic carbocycles. The van der Waals surface area contributed by atoms with Gasteiger partial charge in [-0.15, -0.1) is 24.2 Å². The fourth-order valence-corrected chi connectivity index (χ4v) is 1.77. The molecule has 0 aliphatic carbocycles. The average molecular weight is 242 g/mol. The normalized spacial score (nSPS) is 9.67. The lowest BCUT2D eigenvalue weighted by Gasteiger charge is -2.06. The minimum atomic E-state index is -0.981. The van der Waals surface area contributed by atoms with Crippen LogP contribution in [-0.4, -0.2) is 11.1 Å². The maximum Gasteiger partial charge on any atom is 0.307 e. The van der Waals surface area contributed by atoms with Crippen LogP contribution in [0, 0.1) is 11.3 Å². The van der Waals surface area contributed by atoms with Crippen molar-refractivity contribution in [3.63, 3.8) is 0 Å². The molecule has 0 aliphatic rings. The topological polar surface area (TPSA) is 61.1 Å². The van der Waals surface area contributed by atoms with Crippen LogP contribution in [0.5, 0.6) is 0 Å². The molecule has 0 saturated heterocycles. The molecule has 0 unspecified atom stereocenters. The SMILES string of the molecule is N#Cc1c(S)cc(CCl)cc1CC(=O)O. The predicted octanol–water partition coefficient (Wildman–Crippen LogP) is 2.21. The van der Waals surface area contributed by atoms with Gasteiger partial charge in [0.1, 0.15) is 6.07 Å². The number of carboxylic acid groups (broad SMARTS) is 1. The highest BCUT2D eigenvalue weighted by molar-refractivity contribution is 7.80.